The Hall–Kier alpha value is -0.0900. The highest BCUT2D eigenvalue weighted by Crippen LogP contribution is 2.30. The van der Waals surface area contributed by atoms with Gasteiger partial charge in [-0.25, -0.2) is 8.42 Å². The summed E-state index contributed by atoms with van der Waals surface area (Å²) in [5.41, 5.74) is 0.207. The summed E-state index contributed by atoms with van der Waals surface area (Å²) in [7, 11) is 1.33. The molecule has 1 aromatic rings. The van der Waals surface area contributed by atoms with Gasteiger partial charge in [0.25, 0.3) is 9.05 Å². The molecule has 0 saturated heterocycles. The molecule has 0 unspecified atom stereocenters. The van der Waals surface area contributed by atoms with Gasteiger partial charge in [0.2, 0.25) is 0 Å². The van der Waals surface area contributed by atoms with Crippen molar-refractivity contribution in [3.05, 3.63) is 26.6 Å². The van der Waals surface area contributed by atoms with E-state index < -0.39 is 9.05 Å². The summed E-state index contributed by atoms with van der Waals surface area (Å²) in [6.07, 6.45) is 0. The van der Waals surface area contributed by atoms with Crippen LogP contribution >= 0.6 is 42.5 Å². The van der Waals surface area contributed by atoms with Gasteiger partial charge in [0.05, 0.1) is 10.5 Å². The minimum atomic E-state index is -3.80. The van der Waals surface area contributed by atoms with E-state index in [2.05, 4.69) is 31.9 Å². The molecule has 0 aliphatic rings. The largest absolute Gasteiger partial charge is 0.261 e. The second kappa shape index (κ2) is 4.19. The Morgan fingerprint density at radius 1 is 1.36 bits per heavy atom. The third-order valence-corrected chi connectivity index (χ3v) is 4.75. The van der Waals surface area contributed by atoms with Gasteiger partial charge in [0.1, 0.15) is 6.07 Å². The van der Waals surface area contributed by atoms with Gasteiger partial charge in [-0.2, -0.15) is 5.26 Å². The van der Waals surface area contributed by atoms with Crippen molar-refractivity contribution in [2.45, 2.75) is 4.90 Å². The van der Waals surface area contributed by atoms with Gasteiger partial charge >= 0.3 is 0 Å². The highest BCUT2D eigenvalue weighted by molar-refractivity contribution is 9.13. The third-order valence-electron chi connectivity index (χ3n) is 1.40. The van der Waals surface area contributed by atoms with E-state index in [4.69, 9.17) is 15.9 Å². The zero-order valence-electron chi connectivity index (χ0n) is 6.46. The first-order chi connectivity index (χ1) is 6.36. The van der Waals surface area contributed by atoms with Crippen LogP contribution in [0.3, 0.4) is 0 Å². The molecule has 74 valence electrons. The summed E-state index contributed by atoms with van der Waals surface area (Å²) < 4.78 is 22.9. The van der Waals surface area contributed by atoms with E-state index in [1.165, 1.54) is 12.1 Å². The lowest BCUT2D eigenvalue weighted by Gasteiger charge is -2.01. The fourth-order valence-electron chi connectivity index (χ4n) is 0.786. The van der Waals surface area contributed by atoms with Crippen molar-refractivity contribution in [2.75, 3.05) is 0 Å². The van der Waals surface area contributed by atoms with Crippen molar-refractivity contribution in [1.82, 2.24) is 0 Å². The van der Waals surface area contributed by atoms with E-state index in [0.29, 0.717) is 8.95 Å². The Labute approximate surface area is 102 Å². The van der Waals surface area contributed by atoms with Crippen molar-refractivity contribution < 1.29 is 8.42 Å². The fourth-order valence-corrected chi connectivity index (χ4v) is 2.50. The van der Waals surface area contributed by atoms with Crippen LogP contribution in [0.2, 0.25) is 0 Å². The highest BCUT2D eigenvalue weighted by atomic mass is 79.9. The number of hydrogen-bond donors (Lipinski definition) is 0. The summed E-state index contributed by atoms with van der Waals surface area (Å²) in [6.45, 7) is 0. The van der Waals surface area contributed by atoms with Crippen LogP contribution in [0.1, 0.15) is 5.56 Å². The van der Waals surface area contributed by atoms with Crippen molar-refractivity contribution in [3.8, 4) is 6.07 Å². The second-order valence-electron chi connectivity index (χ2n) is 2.32. The van der Waals surface area contributed by atoms with Crippen LogP contribution in [-0.2, 0) is 9.05 Å². The first-order valence-electron chi connectivity index (χ1n) is 3.20. The molecule has 0 bridgehead atoms. The first kappa shape index (κ1) is 12.0. The summed E-state index contributed by atoms with van der Waals surface area (Å²) in [5.74, 6) is 0. The molecule has 0 fully saturated rings. The molecule has 0 saturated carbocycles. The standard InChI is InChI=1S/C7H2Br2ClNO2S/c8-6-2-5(14(10,12)13)1-4(3-11)7(6)9/h1-2H. The number of halogens is 3. The SMILES string of the molecule is N#Cc1cc(S(=O)(=O)Cl)cc(Br)c1Br. The van der Waals surface area contributed by atoms with E-state index >= 15 is 0 Å². The van der Waals surface area contributed by atoms with Crippen molar-refractivity contribution in [1.29, 1.82) is 5.26 Å². The molecular formula is C7H2Br2ClNO2S. The van der Waals surface area contributed by atoms with Gasteiger partial charge in [0.15, 0.2) is 0 Å². The van der Waals surface area contributed by atoms with Gasteiger partial charge in [-0.1, -0.05) is 0 Å². The normalized spacial score (nSPS) is 11.0. The van der Waals surface area contributed by atoms with E-state index in [9.17, 15) is 8.42 Å². The molecule has 0 aliphatic heterocycles. The lowest BCUT2D eigenvalue weighted by molar-refractivity contribution is 0.609. The van der Waals surface area contributed by atoms with Crippen molar-refractivity contribution in [2.24, 2.45) is 0 Å². The number of rotatable bonds is 1. The topological polar surface area (TPSA) is 57.9 Å². The van der Waals surface area contributed by atoms with Gasteiger partial charge < -0.3 is 0 Å². The van der Waals surface area contributed by atoms with Crippen LogP contribution in [0.4, 0.5) is 0 Å². The number of nitriles is 1. The lowest BCUT2D eigenvalue weighted by Crippen LogP contribution is -1.92. The molecule has 0 radical (unpaired) electrons. The molecule has 3 nitrogen and oxygen atoms in total. The van der Waals surface area contributed by atoms with Crippen LogP contribution in [0.5, 0.6) is 0 Å². The van der Waals surface area contributed by atoms with Crippen LogP contribution < -0.4 is 0 Å². The molecule has 0 aliphatic carbocycles. The molecule has 14 heavy (non-hydrogen) atoms. The Morgan fingerprint density at radius 3 is 2.36 bits per heavy atom. The van der Waals surface area contributed by atoms with Gasteiger partial charge in [0, 0.05) is 19.6 Å². The predicted molar refractivity (Wildman–Crippen MR) is 59.6 cm³/mol. The highest BCUT2D eigenvalue weighted by Gasteiger charge is 2.14. The third kappa shape index (κ3) is 2.48. The number of benzene rings is 1. The minimum absolute atomic E-state index is 0.106. The Balaban J connectivity index is 3.56. The van der Waals surface area contributed by atoms with Gasteiger partial charge in [-0.15, -0.1) is 0 Å². The van der Waals surface area contributed by atoms with Crippen LogP contribution in [0, 0.1) is 11.3 Å². The quantitative estimate of drug-likeness (QED) is 0.724. The Bertz CT molecular complexity index is 521. The van der Waals surface area contributed by atoms with E-state index in [1.807, 2.05) is 6.07 Å². The lowest BCUT2D eigenvalue weighted by atomic mass is 10.2. The van der Waals surface area contributed by atoms with E-state index in [-0.39, 0.29) is 10.5 Å². The Kier molecular flexibility index (Phi) is 3.58. The number of nitrogens with zero attached hydrogens (tertiary/aromatic N) is 1. The summed E-state index contributed by atoms with van der Waals surface area (Å²) in [4.78, 5) is -0.106. The Morgan fingerprint density at radius 2 is 1.93 bits per heavy atom. The second-order valence-corrected chi connectivity index (χ2v) is 6.53. The zero-order chi connectivity index (χ0) is 10.9. The van der Waals surface area contributed by atoms with Crippen molar-refractivity contribution >= 4 is 51.6 Å². The smallest absolute Gasteiger partial charge is 0.207 e. The molecule has 1 rings (SSSR count). The summed E-state index contributed by atoms with van der Waals surface area (Å²) >= 11 is 6.24. The monoisotopic (exact) mass is 357 g/mol. The maximum atomic E-state index is 11.0. The van der Waals surface area contributed by atoms with Gasteiger partial charge in [-0.3, -0.25) is 0 Å². The summed E-state index contributed by atoms with van der Waals surface area (Å²) in [6, 6.07) is 4.38. The van der Waals surface area contributed by atoms with Crippen LogP contribution in [0.25, 0.3) is 0 Å². The maximum Gasteiger partial charge on any atom is 0.261 e. The first-order valence-corrected chi connectivity index (χ1v) is 7.09. The summed E-state index contributed by atoms with van der Waals surface area (Å²) in [5, 5.41) is 8.69. The molecule has 1 aromatic carbocycles. The molecule has 0 heterocycles. The van der Waals surface area contributed by atoms with Crippen LogP contribution in [-0.4, -0.2) is 8.42 Å². The minimum Gasteiger partial charge on any atom is -0.207 e. The van der Waals surface area contributed by atoms with Crippen molar-refractivity contribution in [3.63, 3.8) is 0 Å². The van der Waals surface area contributed by atoms with Gasteiger partial charge in [-0.05, 0) is 44.0 Å². The molecule has 7 heteroatoms. The fraction of sp³-hybridized carbons (Fsp3) is 0. The number of hydrogen-bond acceptors (Lipinski definition) is 3. The van der Waals surface area contributed by atoms with Crippen LogP contribution in [0.15, 0.2) is 26.0 Å². The van der Waals surface area contributed by atoms with E-state index in [0.717, 1.165) is 0 Å². The zero-order valence-corrected chi connectivity index (χ0v) is 11.2. The van der Waals surface area contributed by atoms with E-state index in [1.54, 1.807) is 0 Å². The predicted octanol–water partition coefficient (Wildman–Crippen LogP) is 3.01. The molecule has 0 atom stereocenters. The molecule has 0 aromatic heterocycles. The molecular weight excluding hydrogens is 357 g/mol. The average Bonchev–Trinajstić information content (AvgIpc) is 2.07. The average molecular weight is 359 g/mol. The molecule has 0 N–H and O–H groups in total. The molecule has 0 spiro atoms. The maximum absolute atomic E-state index is 11.0. The molecule has 0 amide bonds.